The van der Waals surface area contributed by atoms with Crippen molar-refractivity contribution in [2.24, 2.45) is 0 Å². The molecule has 1 aliphatic heterocycles. The van der Waals surface area contributed by atoms with Gasteiger partial charge >= 0.3 is 0 Å². The highest BCUT2D eigenvalue weighted by molar-refractivity contribution is 7.99. The molecule has 0 spiro atoms. The van der Waals surface area contributed by atoms with Crippen LogP contribution in [0.5, 0.6) is 0 Å². The highest BCUT2D eigenvalue weighted by atomic mass is 32.2. The van der Waals surface area contributed by atoms with E-state index in [0.29, 0.717) is 11.8 Å². The fraction of sp³-hybridized carbons (Fsp3) is 0.579. The summed E-state index contributed by atoms with van der Waals surface area (Å²) in [6.45, 7) is 10.6. The second-order valence-corrected chi connectivity index (χ2v) is 7.60. The smallest absolute Gasteiger partial charge is 0.230 e. The first-order chi connectivity index (χ1) is 12.6. The fourth-order valence-electron chi connectivity index (χ4n) is 3.32. The number of fused-ring (bicyclic) bond motifs is 1. The molecule has 3 rings (SSSR count). The van der Waals surface area contributed by atoms with Gasteiger partial charge in [0, 0.05) is 31.7 Å². The van der Waals surface area contributed by atoms with Gasteiger partial charge in [0.2, 0.25) is 5.91 Å². The molecular weight excluding hydrogens is 348 g/mol. The van der Waals surface area contributed by atoms with Crippen molar-refractivity contribution in [2.45, 2.75) is 44.6 Å². The summed E-state index contributed by atoms with van der Waals surface area (Å²) in [6.07, 6.45) is 0. The molecule has 1 aromatic heterocycles. The average Bonchev–Trinajstić information content (AvgIpc) is 3.04. The van der Waals surface area contributed by atoms with Gasteiger partial charge in [0.15, 0.2) is 5.16 Å². The van der Waals surface area contributed by atoms with Crippen LogP contribution < -0.4 is 5.32 Å². The van der Waals surface area contributed by atoms with Crippen molar-refractivity contribution in [2.75, 3.05) is 32.1 Å². The molecule has 1 aromatic carbocycles. The van der Waals surface area contributed by atoms with Crippen LogP contribution in [0.1, 0.15) is 20.8 Å². The number of hydrogen-bond donors (Lipinski definition) is 1. The second-order valence-electron chi connectivity index (χ2n) is 6.66. The maximum absolute atomic E-state index is 12.4. The largest absolute Gasteiger partial charge is 0.379 e. The monoisotopic (exact) mass is 376 g/mol. The van der Waals surface area contributed by atoms with E-state index in [1.807, 2.05) is 18.2 Å². The van der Waals surface area contributed by atoms with Gasteiger partial charge in [-0.1, -0.05) is 23.9 Å². The number of aromatic nitrogens is 2. The number of amides is 1. The van der Waals surface area contributed by atoms with Crippen molar-refractivity contribution in [3.63, 3.8) is 0 Å². The topological polar surface area (TPSA) is 59.4 Å². The third-order valence-corrected chi connectivity index (χ3v) is 5.98. The van der Waals surface area contributed by atoms with E-state index in [1.54, 1.807) is 0 Å². The lowest BCUT2D eigenvalue weighted by Crippen LogP contribution is -2.52. The van der Waals surface area contributed by atoms with Crippen molar-refractivity contribution in [1.29, 1.82) is 0 Å². The summed E-state index contributed by atoms with van der Waals surface area (Å²) in [5, 5.41) is 4.04. The number of carbonyl (C=O) groups excluding carboxylic acids is 1. The molecule has 2 atom stereocenters. The molecule has 1 fully saturated rings. The number of aryl methyl sites for hydroxylation is 1. The summed E-state index contributed by atoms with van der Waals surface area (Å²) in [4.78, 5) is 19.5. The molecule has 1 saturated heterocycles. The number of rotatable bonds is 7. The quantitative estimate of drug-likeness (QED) is 0.752. The van der Waals surface area contributed by atoms with Gasteiger partial charge in [-0.05, 0) is 32.9 Å². The number of nitrogens with one attached hydrogen (secondary N) is 1. The fourth-order valence-corrected chi connectivity index (χ4v) is 4.21. The number of hydrogen-bond acceptors (Lipinski definition) is 5. The first-order valence-electron chi connectivity index (χ1n) is 9.29. The molecule has 7 heteroatoms. The predicted octanol–water partition coefficient (Wildman–Crippen LogP) is 2.37. The highest BCUT2D eigenvalue weighted by Crippen LogP contribution is 2.23. The molecule has 0 saturated carbocycles. The molecule has 26 heavy (non-hydrogen) atoms. The van der Waals surface area contributed by atoms with Crippen molar-refractivity contribution >= 4 is 28.7 Å². The van der Waals surface area contributed by atoms with Gasteiger partial charge in [0.1, 0.15) is 0 Å². The number of imidazole rings is 1. The zero-order chi connectivity index (χ0) is 18.5. The van der Waals surface area contributed by atoms with Crippen LogP contribution in [0.2, 0.25) is 0 Å². The van der Waals surface area contributed by atoms with Crippen LogP contribution in [-0.4, -0.2) is 64.5 Å². The van der Waals surface area contributed by atoms with Crippen LogP contribution >= 0.6 is 11.8 Å². The molecule has 0 aliphatic carbocycles. The van der Waals surface area contributed by atoms with Crippen molar-refractivity contribution in [1.82, 2.24) is 19.8 Å². The Morgan fingerprint density at radius 1 is 1.31 bits per heavy atom. The van der Waals surface area contributed by atoms with Crippen LogP contribution in [0.3, 0.4) is 0 Å². The van der Waals surface area contributed by atoms with Crippen molar-refractivity contribution in [3.8, 4) is 0 Å². The lowest BCUT2D eigenvalue weighted by Gasteiger charge is -2.35. The normalized spacial score (nSPS) is 18.0. The van der Waals surface area contributed by atoms with Gasteiger partial charge in [-0.3, -0.25) is 9.69 Å². The van der Waals surface area contributed by atoms with E-state index in [-0.39, 0.29) is 11.9 Å². The van der Waals surface area contributed by atoms with Crippen LogP contribution in [0.15, 0.2) is 29.4 Å². The van der Waals surface area contributed by atoms with E-state index >= 15 is 0 Å². The number of benzene rings is 1. The maximum atomic E-state index is 12.4. The van der Waals surface area contributed by atoms with Gasteiger partial charge < -0.3 is 14.6 Å². The Balaban J connectivity index is 1.55. The second kappa shape index (κ2) is 8.88. The number of thioether (sulfide) groups is 1. The van der Waals surface area contributed by atoms with Gasteiger partial charge in [-0.15, -0.1) is 0 Å². The summed E-state index contributed by atoms with van der Waals surface area (Å²) < 4.78 is 7.56. The first kappa shape index (κ1) is 19.2. The van der Waals surface area contributed by atoms with Crippen molar-refractivity contribution in [3.05, 3.63) is 24.3 Å². The Morgan fingerprint density at radius 2 is 2.04 bits per heavy atom. The molecular formula is C19H28N4O2S. The zero-order valence-electron chi connectivity index (χ0n) is 15.8. The van der Waals surface area contributed by atoms with Crippen LogP contribution in [0, 0.1) is 0 Å². The SMILES string of the molecule is CCn1c(SCC(=O)NC(C)C(C)N2CCOCC2)nc2ccccc21. The highest BCUT2D eigenvalue weighted by Gasteiger charge is 2.23. The Bertz CT molecular complexity index is 742. The molecule has 0 radical (unpaired) electrons. The van der Waals surface area contributed by atoms with Crippen LogP contribution in [0.25, 0.3) is 11.0 Å². The van der Waals surface area contributed by atoms with E-state index < -0.39 is 0 Å². The minimum Gasteiger partial charge on any atom is -0.379 e. The number of ether oxygens (including phenoxy) is 1. The summed E-state index contributed by atoms with van der Waals surface area (Å²) >= 11 is 1.50. The molecule has 1 aliphatic rings. The van der Waals surface area contributed by atoms with Gasteiger partial charge in [0.25, 0.3) is 0 Å². The standard InChI is InChI=1S/C19H28N4O2S/c1-4-23-17-8-6-5-7-16(17)21-19(23)26-13-18(24)20-14(2)15(3)22-9-11-25-12-10-22/h5-8,14-15H,4,9-13H2,1-3H3,(H,20,24). The lowest BCUT2D eigenvalue weighted by atomic mass is 10.1. The Hall–Kier alpha value is -1.57. The van der Waals surface area contributed by atoms with E-state index in [0.717, 1.165) is 49.0 Å². The summed E-state index contributed by atoms with van der Waals surface area (Å²) in [7, 11) is 0. The van der Waals surface area contributed by atoms with Gasteiger partial charge in [0.05, 0.1) is 30.0 Å². The predicted molar refractivity (Wildman–Crippen MR) is 106 cm³/mol. The summed E-state index contributed by atoms with van der Waals surface area (Å²) in [6, 6.07) is 8.50. The zero-order valence-corrected chi connectivity index (χ0v) is 16.6. The van der Waals surface area contributed by atoms with E-state index in [1.165, 1.54) is 11.8 Å². The number of carbonyl (C=O) groups is 1. The average molecular weight is 377 g/mol. The molecule has 142 valence electrons. The molecule has 0 bridgehead atoms. The van der Waals surface area contributed by atoms with Crippen LogP contribution in [-0.2, 0) is 16.1 Å². The Labute approximate surface area is 159 Å². The minimum absolute atomic E-state index is 0.0531. The van der Waals surface area contributed by atoms with E-state index in [9.17, 15) is 4.79 Å². The Morgan fingerprint density at radius 3 is 2.77 bits per heavy atom. The maximum Gasteiger partial charge on any atom is 0.230 e. The van der Waals surface area contributed by atoms with E-state index in [2.05, 4.69) is 46.6 Å². The third kappa shape index (κ3) is 4.39. The lowest BCUT2D eigenvalue weighted by molar-refractivity contribution is -0.119. The van der Waals surface area contributed by atoms with Gasteiger partial charge in [-0.25, -0.2) is 4.98 Å². The van der Waals surface area contributed by atoms with Crippen LogP contribution in [0.4, 0.5) is 0 Å². The third-order valence-electron chi connectivity index (χ3n) is 5.00. The molecule has 2 aromatic rings. The van der Waals surface area contributed by atoms with Gasteiger partial charge in [-0.2, -0.15) is 0 Å². The summed E-state index contributed by atoms with van der Waals surface area (Å²) in [5.41, 5.74) is 2.10. The van der Waals surface area contributed by atoms with E-state index in [4.69, 9.17) is 4.74 Å². The number of nitrogens with zero attached hydrogens (tertiary/aromatic N) is 3. The number of morpholine rings is 1. The molecule has 2 unspecified atom stereocenters. The molecule has 6 nitrogen and oxygen atoms in total. The van der Waals surface area contributed by atoms with Crippen molar-refractivity contribution < 1.29 is 9.53 Å². The Kier molecular flexibility index (Phi) is 6.56. The summed E-state index contributed by atoms with van der Waals surface area (Å²) in [5.74, 6) is 0.432. The molecule has 2 heterocycles. The molecule has 1 N–H and O–H groups in total. The number of para-hydroxylation sites is 2. The minimum atomic E-state index is 0.0531. The molecule has 1 amide bonds. The first-order valence-corrected chi connectivity index (χ1v) is 10.3.